The molecule has 0 aliphatic heterocycles. The van der Waals surface area contributed by atoms with Crippen molar-refractivity contribution >= 4 is 10.0 Å². The second kappa shape index (κ2) is 5.98. The number of benzene rings is 1. The first kappa shape index (κ1) is 16.3. The fourth-order valence-electron chi connectivity index (χ4n) is 2.32. The number of phenolic OH excluding ortho intramolecular Hbond substituents is 2. The Balaban J connectivity index is 2.10. The van der Waals surface area contributed by atoms with E-state index in [4.69, 9.17) is 0 Å². The quantitative estimate of drug-likeness (QED) is 0.618. The van der Waals surface area contributed by atoms with Crippen LogP contribution in [-0.2, 0) is 16.4 Å². The highest BCUT2D eigenvalue weighted by atomic mass is 32.2. The highest BCUT2D eigenvalue weighted by molar-refractivity contribution is 7.89. The first-order valence-corrected chi connectivity index (χ1v) is 8.23. The lowest BCUT2D eigenvalue weighted by Crippen LogP contribution is -2.27. The summed E-state index contributed by atoms with van der Waals surface area (Å²) in [6, 6.07) is 2.89. The largest absolute Gasteiger partial charge is 0.504 e. The van der Waals surface area contributed by atoms with Gasteiger partial charge < -0.3 is 10.2 Å². The molecule has 0 unspecified atom stereocenters. The summed E-state index contributed by atoms with van der Waals surface area (Å²) < 4.78 is 27.1. The first-order chi connectivity index (χ1) is 10.2. The summed E-state index contributed by atoms with van der Waals surface area (Å²) in [5.41, 5.74) is 2.45. The van der Waals surface area contributed by atoms with Crippen molar-refractivity contribution < 1.29 is 18.6 Å². The van der Waals surface area contributed by atoms with Gasteiger partial charge in [-0.2, -0.15) is 5.10 Å². The van der Waals surface area contributed by atoms with Crippen LogP contribution >= 0.6 is 0 Å². The number of aromatic nitrogens is 2. The second-order valence-electron chi connectivity index (χ2n) is 5.18. The lowest BCUT2D eigenvalue weighted by atomic mass is 10.1. The van der Waals surface area contributed by atoms with E-state index in [1.807, 2.05) is 0 Å². The minimum absolute atomic E-state index is 0.165. The van der Waals surface area contributed by atoms with Crippen LogP contribution in [0.3, 0.4) is 0 Å². The number of phenols is 2. The molecule has 0 bridgehead atoms. The maximum Gasteiger partial charge on any atom is 0.244 e. The monoisotopic (exact) mass is 325 g/mol. The van der Waals surface area contributed by atoms with Crippen LogP contribution in [0.5, 0.6) is 11.5 Å². The third kappa shape index (κ3) is 3.23. The second-order valence-corrected chi connectivity index (χ2v) is 6.88. The number of aromatic amines is 1. The van der Waals surface area contributed by atoms with Gasteiger partial charge in [0.1, 0.15) is 4.90 Å². The molecule has 22 heavy (non-hydrogen) atoms. The van der Waals surface area contributed by atoms with Gasteiger partial charge in [-0.05, 0) is 50.5 Å². The molecular formula is C14H19N3O4S. The predicted octanol–water partition coefficient (Wildman–Crippen LogP) is 1.27. The Bertz CT molecular complexity index is 777. The van der Waals surface area contributed by atoms with Crippen LogP contribution in [0.25, 0.3) is 0 Å². The van der Waals surface area contributed by atoms with Crippen LogP contribution in [-0.4, -0.2) is 35.4 Å². The molecule has 0 radical (unpaired) electrons. The van der Waals surface area contributed by atoms with Gasteiger partial charge in [0.25, 0.3) is 0 Å². The third-order valence-electron chi connectivity index (χ3n) is 3.45. The zero-order valence-electron chi connectivity index (χ0n) is 12.6. The summed E-state index contributed by atoms with van der Waals surface area (Å²) >= 11 is 0. The van der Waals surface area contributed by atoms with Crippen molar-refractivity contribution in [1.82, 2.24) is 14.9 Å². The van der Waals surface area contributed by atoms with Gasteiger partial charge in [-0.25, -0.2) is 13.1 Å². The Morgan fingerprint density at radius 3 is 2.41 bits per heavy atom. The molecule has 4 N–H and O–H groups in total. The summed E-state index contributed by atoms with van der Waals surface area (Å²) in [6.07, 6.45) is 0.398. The van der Waals surface area contributed by atoms with Crippen molar-refractivity contribution in [3.05, 3.63) is 34.6 Å². The van der Waals surface area contributed by atoms with E-state index in [2.05, 4.69) is 14.9 Å². The van der Waals surface area contributed by atoms with Gasteiger partial charge in [0.05, 0.1) is 11.4 Å². The summed E-state index contributed by atoms with van der Waals surface area (Å²) in [5, 5.41) is 25.4. The summed E-state index contributed by atoms with van der Waals surface area (Å²) in [6.45, 7) is 5.24. The lowest BCUT2D eigenvalue weighted by molar-refractivity contribution is 0.402. The van der Waals surface area contributed by atoms with E-state index in [9.17, 15) is 18.6 Å². The van der Waals surface area contributed by atoms with Gasteiger partial charge >= 0.3 is 0 Å². The fraction of sp³-hybridized carbons (Fsp3) is 0.357. The van der Waals surface area contributed by atoms with E-state index in [0.717, 1.165) is 11.1 Å². The molecule has 1 heterocycles. The maximum atomic E-state index is 12.3. The van der Waals surface area contributed by atoms with E-state index < -0.39 is 10.0 Å². The maximum absolute atomic E-state index is 12.3. The van der Waals surface area contributed by atoms with Crippen LogP contribution in [0.1, 0.15) is 22.5 Å². The van der Waals surface area contributed by atoms with E-state index in [-0.39, 0.29) is 22.9 Å². The molecule has 0 atom stereocenters. The minimum atomic E-state index is -3.64. The molecule has 0 amide bonds. The Morgan fingerprint density at radius 1 is 1.18 bits per heavy atom. The van der Waals surface area contributed by atoms with E-state index >= 15 is 0 Å². The van der Waals surface area contributed by atoms with Crippen LogP contribution in [0.2, 0.25) is 0 Å². The van der Waals surface area contributed by atoms with Crippen molar-refractivity contribution in [3.63, 3.8) is 0 Å². The van der Waals surface area contributed by atoms with Crippen LogP contribution in [0, 0.1) is 20.8 Å². The fourth-order valence-corrected chi connectivity index (χ4v) is 3.72. The Labute approximate surface area is 129 Å². The van der Waals surface area contributed by atoms with Crippen molar-refractivity contribution in [3.8, 4) is 11.5 Å². The molecule has 1 aromatic carbocycles. The Morgan fingerprint density at radius 2 is 1.82 bits per heavy atom. The van der Waals surface area contributed by atoms with Crippen molar-refractivity contribution in [1.29, 1.82) is 0 Å². The van der Waals surface area contributed by atoms with Crippen molar-refractivity contribution in [2.24, 2.45) is 0 Å². The Kier molecular flexibility index (Phi) is 4.43. The number of H-pyrrole nitrogens is 1. The number of sulfonamides is 1. The van der Waals surface area contributed by atoms with Crippen LogP contribution in [0.4, 0.5) is 0 Å². The van der Waals surface area contributed by atoms with Gasteiger partial charge in [-0.15, -0.1) is 0 Å². The number of nitrogens with one attached hydrogen (secondary N) is 2. The number of rotatable bonds is 5. The van der Waals surface area contributed by atoms with Crippen molar-refractivity contribution in [2.45, 2.75) is 32.1 Å². The zero-order valence-corrected chi connectivity index (χ0v) is 13.5. The average molecular weight is 325 g/mol. The summed E-state index contributed by atoms with van der Waals surface area (Å²) in [4.78, 5) is 0.165. The molecule has 0 saturated carbocycles. The lowest BCUT2D eigenvalue weighted by Gasteiger charge is -2.10. The molecule has 0 spiro atoms. The predicted molar refractivity (Wildman–Crippen MR) is 81.5 cm³/mol. The molecular weight excluding hydrogens is 306 g/mol. The van der Waals surface area contributed by atoms with Crippen LogP contribution < -0.4 is 4.72 Å². The van der Waals surface area contributed by atoms with E-state index in [1.54, 1.807) is 20.8 Å². The number of aromatic hydroxyl groups is 2. The van der Waals surface area contributed by atoms with Gasteiger partial charge in [-0.1, -0.05) is 0 Å². The molecule has 0 aliphatic carbocycles. The standard InChI is InChI=1S/C14H19N3O4S/c1-8-6-12(18)13(19)7-11(8)4-5-15-22(20,21)14-9(2)16-17-10(14)3/h6-7,15,18-19H,4-5H2,1-3H3,(H,16,17). The van der Waals surface area contributed by atoms with E-state index in [1.165, 1.54) is 12.1 Å². The zero-order chi connectivity index (χ0) is 16.5. The van der Waals surface area contributed by atoms with Crippen LogP contribution in [0.15, 0.2) is 17.0 Å². The van der Waals surface area contributed by atoms with Gasteiger partial charge in [0, 0.05) is 6.54 Å². The molecule has 2 aromatic rings. The highest BCUT2D eigenvalue weighted by Gasteiger charge is 2.21. The SMILES string of the molecule is Cc1cc(O)c(O)cc1CCNS(=O)(=O)c1c(C)n[nH]c1C. The number of hydrogen-bond donors (Lipinski definition) is 4. The smallest absolute Gasteiger partial charge is 0.244 e. The minimum Gasteiger partial charge on any atom is -0.504 e. The molecule has 1 aromatic heterocycles. The third-order valence-corrected chi connectivity index (χ3v) is 5.17. The Hall–Kier alpha value is -2.06. The highest BCUT2D eigenvalue weighted by Crippen LogP contribution is 2.28. The molecule has 0 aliphatic rings. The number of hydrogen-bond acceptors (Lipinski definition) is 5. The number of aryl methyl sites for hydroxylation is 3. The molecule has 2 rings (SSSR count). The van der Waals surface area contributed by atoms with Gasteiger partial charge in [0.2, 0.25) is 10.0 Å². The molecule has 7 nitrogen and oxygen atoms in total. The average Bonchev–Trinajstić information content (AvgIpc) is 2.75. The summed E-state index contributed by atoms with van der Waals surface area (Å²) in [7, 11) is -3.64. The van der Waals surface area contributed by atoms with E-state index in [0.29, 0.717) is 17.8 Å². The molecule has 0 fully saturated rings. The summed E-state index contributed by atoms with van der Waals surface area (Å²) in [5.74, 6) is -0.406. The topological polar surface area (TPSA) is 115 Å². The van der Waals surface area contributed by atoms with Gasteiger partial charge in [0.15, 0.2) is 11.5 Å². The molecule has 120 valence electrons. The first-order valence-electron chi connectivity index (χ1n) is 6.75. The molecule has 8 heteroatoms. The normalized spacial score (nSPS) is 11.8. The number of nitrogens with zero attached hydrogens (tertiary/aromatic N) is 1. The van der Waals surface area contributed by atoms with Gasteiger partial charge in [-0.3, -0.25) is 5.10 Å². The molecule has 0 saturated heterocycles. The van der Waals surface area contributed by atoms with Crippen molar-refractivity contribution in [2.75, 3.05) is 6.54 Å².